The van der Waals surface area contributed by atoms with Crippen molar-refractivity contribution in [2.24, 2.45) is 7.05 Å². The molecule has 0 amide bonds. The molecule has 13 heteroatoms. The van der Waals surface area contributed by atoms with Crippen molar-refractivity contribution in [3.8, 4) is 11.5 Å². The summed E-state index contributed by atoms with van der Waals surface area (Å²) in [6.45, 7) is 0.259. The molecule has 0 saturated carbocycles. The molecule has 0 atom stereocenters. The van der Waals surface area contributed by atoms with Crippen LogP contribution in [0.3, 0.4) is 0 Å². The topological polar surface area (TPSA) is 138 Å². The molecule has 0 aliphatic heterocycles. The van der Waals surface area contributed by atoms with Gasteiger partial charge in [-0.1, -0.05) is 30.3 Å². The van der Waals surface area contributed by atoms with E-state index in [4.69, 9.17) is 9.47 Å². The lowest BCUT2D eigenvalue weighted by Crippen LogP contribution is -2.24. The number of aromatic nitrogens is 3. The zero-order chi connectivity index (χ0) is 29.7. The minimum Gasteiger partial charge on any atom is -0.497 e. The Bertz CT molecular complexity index is 1840. The van der Waals surface area contributed by atoms with Crippen LogP contribution in [0.2, 0.25) is 0 Å². The summed E-state index contributed by atoms with van der Waals surface area (Å²) in [5.74, 6) is 2.01. The Morgan fingerprint density at radius 1 is 1.05 bits per heavy atom. The van der Waals surface area contributed by atoms with Gasteiger partial charge in [0.2, 0.25) is 10.0 Å². The number of nitrogens with one attached hydrogen (secondary N) is 1. The van der Waals surface area contributed by atoms with Gasteiger partial charge in [0.1, 0.15) is 23.6 Å². The number of rotatable bonds is 12. The van der Waals surface area contributed by atoms with Crippen molar-refractivity contribution in [1.29, 1.82) is 0 Å². The molecule has 11 nitrogen and oxygen atoms in total. The number of sulfonamides is 1. The van der Waals surface area contributed by atoms with Gasteiger partial charge >= 0.3 is 0 Å². The standard InChI is InChI=1S/C29H27N5O6S2/c1-33-23(15-22(32-33)17-31-42(37,38)28-8-4-3-7-26(28)34(35)36)19-41-25-14-21-6-5-13-30-29(21)27(16-25)40-18-20-9-11-24(39-2)12-10-20/h3-16,31H,17-19H2,1-2H3. The summed E-state index contributed by atoms with van der Waals surface area (Å²) in [6, 6.07) is 22.6. The van der Waals surface area contributed by atoms with Crippen LogP contribution in [0, 0.1) is 10.1 Å². The third kappa shape index (κ3) is 6.70. The van der Waals surface area contributed by atoms with E-state index in [1.807, 2.05) is 48.5 Å². The van der Waals surface area contributed by atoms with Gasteiger partial charge in [-0.25, -0.2) is 13.1 Å². The summed E-state index contributed by atoms with van der Waals surface area (Å²) in [6.07, 6.45) is 1.73. The fourth-order valence-electron chi connectivity index (χ4n) is 4.24. The number of aryl methyl sites for hydroxylation is 1. The SMILES string of the molecule is COc1ccc(COc2cc(SCc3cc(CNS(=O)(=O)c4ccccc4[N+](=O)[O-])nn3C)cc3cccnc23)cc1. The van der Waals surface area contributed by atoms with Crippen LogP contribution in [0.5, 0.6) is 11.5 Å². The third-order valence-electron chi connectivity index (χ3n) is 6.41. The molecule has 0 spiro atoms. The number of nitro groups is 1. The number of para-hydroxylation sites is 1. The molecule has 0 radical (unpaired) electrons. The van der Waals surface area contributed by atoms with Crippen molar-refractivity contribution in [3.63, 3.8) is 0 Å². The Kier molecular flexibility index (Phi) is 8.71. The van der Waals surface area contributed by atoms with Gasteiger partial charge in [-0.2, -0.15) is 5.10 Å². The van der Waals surface area contributed by atoms with Gasteiger partial charge in [-0.05, 0) is 48.0 Å². The highest BCUT2D eigenvalue weighted by Crippen LogP contribution is 2.33. The molecule has 42 heavy (non-hydrogen) atoms. The third-order valence-corrected chi connectivity index (χ3v) is 8.86. The molecular formula is C29H27N5O6S2. The van der Waals surface area contributed by atoms with Crippen molar-refractivity contribution in [2.75, 3.05) is 7.11 Å². The number of nitro benzene ring substituents is 1. The van der Waals surface area contributed by atoms with E-state index >= 15 is 0 Å². The number of methoxy groups -OCH3 is 1. The van der Waals surface area contributed by atoms with Crippen molar-refractivity contribution in [2.45, 2.75) is 28.7 Å². The van der Waals surface area contributed by atoms with Crippen LogP contribution < -0.4 is 14.2 Å². The molecule has 216 valence electrons. The van der Waals surface area contributed by atoms with Crippen molar-refractivity contribution in [3.05, 3.63) is 112 Å². The number of benzene rings is 3. The number of fused-ring (bicyclic) bond motifs is 1. The molecule has 2 aromatic heterocycles. The van der Waals surface area contributed by atoms with E-state index in [9.17, 15) is 18.5 Å². The Hall–Kier alpha value is -4.46. The second-order valence-electron chi connectivity index (χ2n) is 9.22. The van der Waals surface area contributed by atoms with Gasteiger partial charge < -0.3 is 9.47 Å². The van der Waals surface area contributed by atoms with Gasteiger partial charge in [-0.15, -0.1) is 11.8 Å². The molecule has 1 N–H and O–H groups in total. The Labute approximate surface area is 246 Å². The van der Waals surface area contributed by atoms with E-state index in [-0.39, 0.29) is 6.54 Å². The molecule has 3 aromatic carbocycles. The lowest BCUT2D eigenvalue weighted by Gasteiger charge is -2.12. The first-order chi connectivity index (χ1) is 20.2. The predicted octanol–water partition coefficient (Wildman–Crippen LogP) is 5.23. The van der Waals surface area contributed by atoms with Crippen molar-refractivity contribution < 1.29 is 22.8 Å². The molecule has 0 bridgehead atoms. The summed E-state index contributed by atoms with van der Waals surface area (Å²) in [4.78, 5) is 15.7. The molecule has 0 aliphatic carbocycles. The maximum Gasteiger partial charge on any atom is 0.289 e. The minimum atomic E-state index is -4.12. The van der Waals surface area contributed by atoms with Crippen LogP contribution in [-0.2, 0) is 36.0 Å². The Balaban J connectivity index is 1.27. The largest absolute Gasteiger partial charge is 0.497 e. The highest BCUT2D eigenvalue weighted by atomic mass is 32.2. The number of hydrogen-bond acceptors (Lipinski definition) is 9. The summed E-state index contributed by atoms with van der Waals surface area (Å²) < 4.78 is 41.0. The van der Waals surface area contributed by atoms with Gasteiger partial charge in [-0.3, -0.25) is 19.8 Å². The van der Waals surface area contributed by atoms with Crippen molar-refractivity contribution >= 4 is 38.4 Å². The van der Waals surface area contributed by atoms with Gasteiger partial charge in [0.05, 0.1) is 24.3 Å². The van der Waals surface area contributed by atoms with Crippen LogP contribution in [0.4, 0.5) is 5.69 Å². The molecular weight excluding hydrogens is 578 g/mol. The van der Waals surface area contributed by atoms with Crippen LogP contribution in [0.25, 0.3) is 10.9 Å². The van der Waals surface area contributed by atoms with Gasteiger partial charge in [0, 0.05) is 41.0 Å². The number of pyridine rings is 1. The Morgan fingerprint density at radius 3 is 2.60 bits per heavy atom. The fourth-order valence-corrected chi connectivity index (χ4v) is 6.40. The monoisotopic (exact) mass is 605 g/mol. The highest BCUT2D eigenvalue weighted by molar-refractivity contribution is 7.98. The van der Waals surface area contributed by atoms with Gasteiger partial charge in [0.15, 0.2) is 4.90 Å². The van der Waals surface area contributed by atoms with E-state index in [0.717, 1.165) is 38.9 Å². The average molecular weight is 606 g/mol. The second-order valence-corrected chi connectivity index (χ2v) is 12.0. The van der Waals surface area contributed by atoms with E-state index in [1.54, 1.807) is 42.9 Å². The average Bonchev–Trinajstić information content (AvgIpc) is 3.37. The lowest BCUT2D eigenvalue weighted by atomic mass is 10.2. The smallest absolute Gasteiger partial charge is 0.289 e. The van der Waals surface area contributed by atoms with Crippen molar-refractivity contribution in [1.82, 2.24) is 19.5 Å². The number of hydrogen-bond donors (Lipinski definition) is 1. The minimum absolute atomic E-state index is 0.113. The summed E-state index contributed by atoms with van der Waals surface area (Å²) in [5.41, 5.74) is 2.64. The normalized spacial score (nSPS) is 11.5. The first kappa shape index (κ1) is 29.0. The summed E-state index contributed by atoms with van der Waals surface area (Å²) in [5, 5.41) is 16.6. The number of ether oxygens (including phenoxy) is 2. The maximum absolute atomic E-state index is 12.8. The van der Waals surface area contributed by atoms with Crippen LogP contribution in [0.15, 0.2) is 94.9 Å². The predicted molar refractivity (Wildman–Crippen MR) is 159 cm³/mol. The highest BCUT2D eigenvalue weighted by Gasteiger charge is 2.25. The van der Waals surface area contributed by atoms with Crippen LogP contribution >= 0.6 is 11.8 Å². The quantitative estimate of drug-likeness (QED) is 0.115. The zero-order valence-electron chi connectivity index (χ0n) is 22.8. The first-order valence-corrected chi connectivity index (χ1v) is 15.2. The fraction of sp³-hybridized carbons (Fsp3) is 0.172. The van der Waals surface area contributed by atoms with E-state index in [2.05, 4.69) is 14.8 Å². The molecule has 0 fully saturated rings. The first-order valence-electron chi connectivity index (χ1n) is 12.8. The molecule has 0 aliphatic rings. The molecule has 0 saturated heterocycles. The molecule has 5 rings (SSSR count). The zero-order valence-corrected chi connectivity index (χ0v) is 24.4. The maximum atomic E-state index is 12.8. The van der Waals surface area contributed by atoms with Gasteiger partial charge in [0.25, 0.3) is 5.69 Å². The second kappa shape index (κ2) is 12.6. The molecule has 2 heterocycles. The Morgan fingerprint density at radius 2 is 1.83 bits per heavy atom. The van der Waals surface area contributed by atoms with Crippen LogP contribution in [-0.4, -0.2) is 35.2 Å². The van der Waals surface area contributed by atoms with E-state index in [0.29, 0.717) is 23.8 Å². The summed E-state index contributed by atoms with van der Waals surface area (Å²) >= 11 is 1.58. The molecule has 0 unspecified atom stereocenters. The van der Waals surface area contributed by atoms with Crippen LogP contribution in [0.1, 0.15) is 17.0 Å². The van der Waals surface area contributed by atoms with E-state index < -0.39 is 25.5 Å². The van der Waals surface area contributed by atoms with E-state index in [1.165, 1.54) is 18.2 Å². The molecule has 5 aromatic rings. The summed E-state index contributed by atoms with van der Waals surface area (Å²) in [7, 11) is -0.712. The number of thioether (sulfide) groups is 1. The number of nitrogens with zero attached hydrogens (tertiary/aromatic N) is 4. The lowest BCUT2D eigenvalue weighted by molar-refractivity contribution is -0.387.